The van der Waals surface area contributed by atoms with Gasteiger partial charge in [0.25, 0.3) is 5.56 Å². The molecule has 1 N–H and O–H groups in total. The Morgan fingerprint density at radius 3 is 2.77 bits per heavy atom. The highest BCUT2D eigenvalue weighted by Crippen LogP contribution is 2.20. The van der Waals surface area contributed by atoms with Gasteiger partial charge in [0.1, 0.15) is 5.82 Å². The van der Waals surface area contributed by atoms with Crippen molar-refractivity contribution in [3.8, 4) is 0 Å². The molecule has 1 atom stereocenters. The van der Waals surface area contributed by atoms with Gasteiger partial charge in [0.05, 0.1) is 5.39 Å². The summed E-state index contributed by atoms with van der Waals surface area (Å²) in [6, 6.07) is 14.0. The lowest BCUT2D eigenvalue weighted by Crippen LogP contribution is -2.12. The molecular weight excluding hydrogens is 274 g/mol. The summed E-state index contributed by atoms with van der Waals surface area (Å²) in [6.07, 6.45) is 4.47. The van der Waals surface area contributed by atoms with Crippen molar-refractivity contribution < 1.29 is 0 Å². The number of nitrogens with one attached hydrogen (secondary N) is 1. The molecule has 2 aromatic heterocycles. The molecule has 2 heterocycles. The molecule has 22 heavy (non-hydrogen) atoms. The molecule has 3 aromatic rings. The summed E-state index contributed by atoms with van der Waals surface area (Å²) >= 11 is 0. The van der Waals surface area contributed by atoms with Crippen molar-refractivity contribution in [2.75, 3.05) is 0 Å². The molecule has 0 aliphatic heterocycles. The Kier molecular flexibility index (Phi) is 4.28. The maximum atomic E-state index is 12.0. The Bertz CT molecular complexity index is 811. The molecule has 0 saturated heterocycles. The predicted octanol–water partition coefficient (Wildman–Crippen LogP) is 3.44. The quantitative estimate of drug-likeness (QED) is 0.784. The first-order chi connectivity index (χ1) is 10.7. The largest absolute Gasteiger partial charge is 0.310 e. The number of aromatic amines is 1. The highest BCUT2D eigenvalue weighted by Gasteiger charge is 2.07. The van der Waals surface area contributed by atoms with Gasteiger partial charge in [-0.15, -0.1) is 0 Å². The van der Waals surface area contributed by atoms with Crippen LogP contribution in [0.2, 0.25) is 0 Å². The Morgan fingerprint density at radius 2 is 1.95 bits per heavy atom. The molecule has 4 nitrogen and oxygen atoms in total. The van der Waals surface area contributed by atoms with E-state index in [2.05, 4.69) is 46.1 Å². The third kappa shape index (κ3) is 3.22. The number of aromatic nitrogens is 3. The SMILES string of the molecule is CC(CCCc1nc2ncccc2c(=O)[nH]1)c1ccccc1. The van der Waals surface area contributed by atoms with Gasteiger partial charge in [0, 0.05) is 12.6 Å². The van der Waals surface area contributed by atoms with Crippen LogP contribution in [0, 0.1) is 0 Å². The van der Waals surface area contributed by atoms with Gasteiger partial charge in [-0.25, -0.2) is 9.97 Å². The minimum atomic E-state index is -0.107. The molecule has 0 saturated carbocycles. The zero-order valence-electron chi connectivity index (χ0n) is 12.6. The summed E-state index contributed by atoms with van der Waals surface area (Å²) in [6.45, 7) is 2.23. The minimum Gasteiger partial charge on any atom is -0.310 e. The fourth-order valence-corrected chi connectivity index (χ4v) is 2.66. The van der Waals surface area contributed by atoms with Crippen LogP contribution in [0.3, 0.4) is 0 Å². The summed E-state index contributed by atoms with van der Waals surface area (Å²) in [5.41, 5.74) is 1.77. The molecular formula is C18H19N3O. The number of fused-ring (bicyclic) bond motifs is 1. The van der Waals surface area contributed by atoms with Crippen molar-refractivity contribution in [3.63, 3.8) is 0 Å². The van der Waals surface area contributed by atoms with Gasteiger partial charge in [-0.3, -0.25) is 4.79 Å². The number of nitrogens with zero attached hydrogens (tertiary/aromatic N) is 2. The first-order valence-electron chi connectivity index (χ1n) is 7.63. The Labute approximate surface area is 129 Å². The second kappa shape index (κ2) is 6.52. The molecule has 0 bridgehead atoms. The van der Waals surface area contributed by atoms with Gasteiger partial charge >= 0.3 is 0 Å². The molecule has 0 radical (unpaired) electrons. The van der Waals surface area contributed by atoms with Crippen molar-refractivity contribution in [2.45, 2.75) is 32.1 Å². The number of hydrogen-bond donors (Lipinski definition) is 1. The van der Waals surface area contributed by atoms with Crippen molar-refractivity contribution >= 4 is 11.0 Å². The van der Waals surface area contributed by atoms with Crippen molar-refractivity contribution in [1.29, 1.82) is 0 Å². The molecule has 0 aliphatic carbocycles. The monoisotopic (exact) mass is 293 g/mol. The van der Waals surface area contributed by atoms with E-state index in [1.165, 1.54) is 5.56 Å². The summed E-state index contributed by atoms with van der Waals surface area (Å²) in [4.78, 5) is 23.4. The van der Waals surface area contributed by atoms with Crippen LogP contribution in [0.25, 0.3) is 11.0 Å². The van der Waals surface area contributed by atoms with Crippen LogP contribution in [-0.2, 0) is 6.42 Å². The maximum Gasteiger partial charge on any atom is 0.260 e. The molecule has 4 heteroatoms. The molecule has 112 valence electrons. The van der Waals surface area contributed by atoms with E-state index in [0.717, 1.165) is 25.1 Å². The van der Waals surface area contributed by atoms with Gasteiger partial charge in [-0.1, -0.05) is 37.3 Å². The van der Waals surface area contributed by atoms with Crippen molar-refractivity contribution in [1.82, 2.24) is 15.0 Å². The first kappa shape index (κ1) is 14.4. The molecule has 1 aromatic carbocycles. The third-order valence-electron chi connectivity index (χ3n) is 3.95. The van der Waals surface area contributed by atoms with E-state index >= 15 is 0 Å². The zero-order valence-corrected chi connectivity index (χ0v) is 12.6. The topological polar surface area (TPSA) is 58.6 Å². The molecule has 1 unspecified atom stereocenters. The van der Waals surface area contributed by atoms with Gasteiger partial charge in [-0.2, -0.15) is 0 Å². The third-order valence-corrected chi connectivity index (χ3v) is 3.95. The number of hydrogen-bond acceptors (Lipinski definition) is 3. The summed E-state index contributed by atoms with van der Waals surface area (Å²) in [5.74, 6) is 1.22. The van der Waals surface area contributed by atoms with E-state index in [1.807, 2.05) is 6.07 Å². The average molecular weight is 293 g/mol. The summed E-state index contributed by atoms with van der Waals surface area (Å²) in [5, 5.41) is 0.545. The van der Waals surface area contributed by atoms with Crippen LogP contribution in [0.5, 0.6) is 0 Å². The molecule has 0 aliphatic rings. The fraction of sp³-hybridized carbons (Fsp3) is 0.278. The lowest BCUT2D eigenvalue weighted by molar-refractivity contribution is 0.622. The second-order valence-electron chi connectivity index (χ2n) is 5.59. The van der Waals surface area contributed by atoms with E-state index in [1.54, 1.807) is 18.3 Å². The van der Waals surface area contributed by atoms with Gasteiger partial charge in [-0.05, 0) is 36.5 Å². The Hall–Kier alpha value is -2.49. The van der Waals surface area contributed by atoms with Crippen LogP contribution in [0.4, 0.5) is 0 Å². The Morgan fingerprint density at radius 1 is 1.14 bits per heavy atom. The van der Waals surface area contributed by atoms with Crippen molar-refractivity contribution in [2.24, 2.45) is 0 Å². The molecule has 0 spiro atoms. The smallest absolute Gasteiger partial charge is 0.260 e. The van der Waals surface area contributed by atoms with Crippen LogP contribution in [0.1, 0.15) is 37.1 Å². The van der Waals surface area contributed by atoms with Gasteiger partial charge < -0.3 is 4.98 Å². The van der Waals surface area contributed by atoms with Gasteiger partial charge in [0.2, 0.25) is 0 Å². The molecule has 3 rings (SSSR count). The second-order valence-corrected chi connectivity index (χ2v) is 5.59. The summed E-state index contributed by atoms with van der Waals surface area (Å²) in [7, 11) is 0. The van der Waals surface area contributed by atoms with E-state index in [-0.39, 0.29) is 5.56 Å². The van der Waals surface area contributed by atoms with Gasteiger partial charge in [0.15, 0.2) is 5.65 Å². The normalized spacial score (nSPS) is 12.4. The average Bonchev–Trinajstić information content (AvgIpc) is 2.56. The zero-order chi connectivity index (χ0) is 15.4. The van der Waals surface area contributed by atoms with E-state index in [9.17, 15) is 4.79 Å². The number of aryl methyl sites for hydroxylation is 1. The van der Waals surface area contributed by atoms with Crippen LogP contribution < -0.4 is 5.56 Å². The van der Waals surface area contributed by atoms with E-state index in [0.29, 0.717) is 17.0 Å². The number of benzene rings is 1. The lowest BCUT2D eigenvalue weighted by Gasteiger charge is -2.11. The summed E-state index contributed by atoms with van der Waals surface area (Å²) < 4.78 is 0. The fourth-order valence-electron chi connectivity index (χ4n) is 2.66. The van der Waals surface area contributed by atoms with Crippen LogP contribution >= 0.6 is 0 Å². The lowest BCUT2D eigenvalue weighted by atomic mass is 9.95. The van der Waals surface area contributed by atoms with Crippen LogP contribution in [-0.4, -0.2) is 15.0 Å². The maximum absolute atomic E-state index is 12.0. The number of pyridine rings is 1. The highest BCUT2D eigenvalue weighted by atomic mass is 16.1. The standard InChI is InChI=1S/C18H19N3O/c1-13(14-8-3-2-4-9-14)7-5-11-16-20-17-15(18(22)21-16)10-6-12-19-17/h2-4,6,8-10,12-13H,5,7,11H2,1H3,(H,19,20,21,22). The minimum absolute atomic E-state index is 0.107. The van der Waals surface area contributed by atoms with Crippen LogP contribution in [0.15, 0.2) is 53.5 Å². The van der Waals surface area contributed by atoms with E-state index < -0.39 is 0 Å². The molecule has 0 amide bonds. The van der Waals surface area contributed by atoms with Crippen molar-refractivity contribution in [3.05, 3.63) is 70.4 Å². The Balaban J connectivity index is 1.66. The first-order valence-corrected chi connectivity index (χ1v) is 7.63. The number of rotatable bonds is 5. The highest BCUT2D eigenvalue weighted by molar-refractivity contribution is 5.72. The van der Waals surface area contributed by atoms with E-state index in [4.69, 9.17) is 0 Å². The predicted molar refractivity (Wildman–Crippen MR) is 88.0 cm³/mol. The number of H-pyrrole nitrogens is 1. The molecule has 0 fully saturated rings.